The number of rotatable bonds is 3. The van der Waals surface area contributed by atoms with Gasteiger partial charge in [0.15, 0.2) is 5.96 Å². The van der Waals surface area contributed by atoms with Crippen LogP contribution in [0.2, 0.25) is 0 Å². The molecule has 0 radical (unpaired) electrons. The van der Waals surface area contributed by atoms with E-state index in [-0.39, 0.29) is 24.0 Å². The van der Waals surface area contributed by atoms with E-state index in [2.05, 4.69) is 47.0 Å². The number of fused-ring (bicyclic) bond motifs is 1. The molecule has 1 aromatic heterocycles. The van der Waals surface area contributed by atoms with Gasteiger partial charge >= 0.3 is 0 Å². The smallest absolute Gasteiger partial charge is 0.193 e. The summed E-state index contributed by atoms with van der Waals surface area (Å²) in [4.78, 5) is 9.51. The Morgan fingerprint density at radius 1 is 1.23 bits per heavy atom. The first-order valence-corrected chi connectivity index (χ1v) is 9.48. The van der Waals surface area contributed by atoms with Crippen LogP contribution < -0.4 is 5.32 Å². The highest BCUT2D eigenvalue weighted by Gasteiger charge is 2.30. The highest BCUT2D eigenvalue weighted by molar-refractivity contribution is 14.0. The number of guanidine groups is 1. The molecule has 4 rings (SSSR count). The minimum Gasteiger partial charge on any atom is -0.356 e. The van der Waals surface area contributed by atoms with E-state index in [0.29, 0.717) is 12.0 Å². The SMILES string of the molecule is CN=C(NCC1CCc2nnc(C)n2C1)N1CCC(N2CC=CC2)C1.I. The number of nitrogens with one attached hydrogen (secondary N) is 1. The van der Waals surface area contributed by atoms with Gasteiger partial charge in [-0.05, 0) is 25.7 Å². The number of halogens is 1. The van der Waals surface area contributed by atoms with E-state index < -0.39 is 0 Å². The largest absolute Gasteiger partial charge is 0.356 e. The summed E-state index contributed by atoms with van der Waals surface area (Å²) < 4.78 is 2.27. The molecule has 1 N–H and O–H groups in total. The molecule has 26 heavy (non-hydrogen) atoms. The Bertz CT molecular complexity index is 660. The lowest BCUT2D eigenvalue weighted by Crippen LogP contribution is -2.45. The average Bonchev–Trinajstić information content (AvgIpc) is 3.37. The fraction of sp³-hybridized carbons (Fsp3) is 0.722. The molecule has 1 saturated heterocycles. The van der Waals surface area contributed by atoms with Crippen molar-refractivity contribution in [1.82, 2.24) is 29.9 Å². The first kappa shape index (κ1) is 19.6. The summed E-state index contributed by atoms with van der Waals surface area (Å²) in [6.07, 6.45) is 7.98. The number of hydrogen-bond donors (Lipinski definition) is 1. The zero-order valence-corrected chi connectivity index (χ0v) is 18.1. The molecule has 144 valence electrons. The van der Waals surface area contributed by atoms with Gasteiger partial charge in [-0.15, -0.1) is 34.2 Å². The molecule has 0 bridgehead atoms. The number of aromatic nitrogens is 3. The Hall–Kier alpha value is -1.16. The van der Waals surface area contributed by atoms with Crippen LogP contribution in [-0.2, 0) is 13.0 Å². The van der Waals surface area contributed by atoms with Gasteiger partial charge in [-0.3, -0.25) is 9.89 Å². The second-order valence-electron chi connectivity index (χ2n) is 7.42. The van der Waals surface area contributed by atoms with E-state index in [1.165, 1.54) is 12.8 Å². The summed E-state index contributed by atoms with van der Waals surface area (Å²) in [6.45, 7) is 8.42. The molecule has 0 aliphatic carbocycles. The normalized spacial score (nSPS) is 26.1. The molecule has 4 heterocycles. The van der Waals surface area contributed by atoms with Crippen LogP contribution in [0.4, 0.5) is 0 Å². The third-order valence-corrected chi connectivity index (χ3v) is 5.82. The van der Waals surface area contributed by atoms with Gasteiger partial charge in [-0.1, -0.05) is 12.2 Å². The van der Waals surface area contributed by atoms with Gasteiger partial charge < -0.3 is 14.8 Å². The molecule has 3 aliphatic heterocycles. The van der Waals surface area contributed by atoms with Crippen molar-refractivity contribution in [2.24, 2.45) is 10.9 Å². The molecule has 0 aromatic carbocycles. The quantitative estimate of drug-likeness (QED) is 0.312. The van der Waals surface area contributed by atoms with Crippen molar-refractivity contribution >= 4 is 29.9 Å². The highest BCUT2D eigenvalue weighted by atomic mass is 127. The zero-order valence-electron chi connectivity index (χ0n) is 15.8. The van der Waals surface area contributed by atoms with Gasteiger partial charge in [0.25, 0.3) is 0 Å². The van der Waals surface area contributed by atoms with Crippen LogP contribution in [0.15, 0.2) is 17.1 Å². The van der Waals surface area contributed by atoms with E-state index in [1.54, 1.807) is 0 Å². The summed E-state index contributed by atoms with van der Waals surface area (Å²) >= 11 is 0. The van der Waals surface area contributed by atoms with Crippen molar-refractivity contribution in [2.45, 2.75) is 38.8 Å². The second kappa shape index (κ2) is 8.69. The average molecular weight is 471 g/mol. The van der Waals surface area contributed by atoms with Crippen LogP contribution in [0.25, 0.3) is 0 Å². The third kappa shape index (κ3) is 4.05. The molecule has 0 amide bonds. The number of aliphatic imine (C=N–C) groups is 1. The van der Waals surface area contributed by atoms with Crippen LogP contribution in [0, 0.1) is 12.8 Å². The fourth-order valence-corrected chi connectivity index (χ4v) is 4.29. The number of nitrogens with zero attached hydrogens (tertiary/aromatic N) is 6. The van der Waals surface area contributed by atoms with E-state index in [0.717, 1.165) is 63.3 Å². The van der Waals surface area contributed by atoms with Crippen LogP contribution in [0.5, 0.6) is 0 Å². The van der Waals surface area contributed by atoms with Gasteiger partial charge in [0, 0.05) is 58.8 Å². The first-order chi connectivity index (χ1) is 12.2. The lowest BCUT2D eigenvalue weighted by Gasteiger charge is -2.28. The third-order valence-electron chi connectivity index (χ3n) is 5.82. The van der Waals surface area contributed by atoms with Crippen molar-refractivity contribution in [2.75, 3.05) is 39.8 Å². The van der Waals surface area contributed by atoms with Crippen molar-refractivity contribution in [3.05, 3.63) is 23.8 Å². The van der Waals surface area contributed by atoms with Crippen molar-refractivity contribution in [1.29, 1.82) is 0 Å². The Labute approximate surface area is 172 Å². The van der Waals surface area contributed by atoms with Crippen LogP contribution >= 0.6 is 24.0 Å². The molecule has 2 unspecified atom stereocenters. The fourth-order valence-electron chi connectivity index (χ4n) is 4.29. The maximum Gasteiger partial charge on any atom is 0.193 e. The molecule has 1 aromatic rings. The van der Waals surface area contributed by atoms with Crippen molar-refractivity contribution in [3.8, 4) is 0 Å². The molecule has 2 atom stereocenters. The van der Waals surface area contributed by atoms with E-state index in [4.69, 9.17) is 0 Å². The standard InChI is InChI=1S/C18H29N7.HI/c1-14-21-22-17-6-5-15(12-25(14)17)11-20-18(19-2)24-10-7-16(13-24)23-8-3-4-9-23;/h3-4,15-16H,5-13H2,1-2H3,(H,19,20);1H. The predicted octanol–water partition coefficient (Wildman–Crippen LogP) is 1.29. The minimum atomic E-state index is 0. The number of hydrogen-bond acceptors (Lipinski definition) is 4. The summed E-state index contributed by atoms with van der Waals surface area (Å²) in [7, 11) is 1.90. The minimum absolute atomic E-state index is 0. The molecular formula is C18H30IN7. The van der Waals surface area contributed by atoms with Crippen molar-refractivity contribution < 1.29 is 0 Å². The van der Waals surface area contributed by atoms with E-state index >= 15 is 0 Å². The summed E-state index contributed by atoms with van der Waals surface area (Å²) in [5.74, 6) is 3.84. The highest BCUT2D eigenvalue weighted by Crippen LogP contribution is 2.20. The summed E-state index contributed by atoms with van der Waals surface area (Å²) in [5, 5.41) is 12.1. The Morgan fingerprint density at radius 3 is 2.81 bits per heavy atom. The predicted molar refractivity (Wildman–Crippen MR) is 114 cm³/mol. The van der Waals surface area contributed by atoms with Gasteiger partial charge in [-0.25, -0.2) is 0 Å². The number of likely N-dealkylation sites (tertiary alicyclic amines) is 1. The molecule has 1 fully saturated rings. The Balaban J connectivity index is 0.00000196. The zero-order chi connectivity index (χ0) is 17.2. The maximum absolute atomic E-state index is 4.53. The monoisotopic (exact) mass is 471 g/mol. The first-order valence-electron chi connectivity index (χ1n) is 9.48. The lowest BCUT2D eigenvalue weighted by molar-refractivity contribution is 0.259. The molecule has 3 aliphatic rings. The van der Waals surface area contributed by atoms with Gasteiger partial charge in [0.1, 0.15) is 11.6 Å². The van der Waals surface area contributed by atoms with E-state index in [1.807, 2.05) is 14.0 Å². The molecular weight excluding hydrogens is 441 g/mol. The summed E-state index contributed by atoms with van der Waals surface area (Å²) in [6, 6.07) is 0.658. The molecule has 8 heteroatoms. The van der Waals surface area contributed by atoms with Gasteiger partial charge in [0.05, 0.1) is 0 Å². The Kier molecular flexibility index (Phi) is 6.55. The lowest BCUT2D eigenvalue weighted by atomic mass is 9.99. The Morgan fingerprint density at radius 2 is 2.04 bits per heavy atom. The molecule has 0 saturated carbocycles. The summed E-state index contributed by atoms with van der Waals surface area (Å²) in [5.41, 5.74) is 0. The molecule has 7 nitrogen and oxygen atoms in total. The van der Waals surface area contributed by atoms with Crippen LogP contribution in [0.1, 0.15) is 24.5 Å². The van der Waals surface area contributed by atoms with Crippen LogP contribution in [-0.4, -0.2) is 76.3 Å². The van der Waals surface area contributed by atoms with Crippen LogP contribution in [0.3, 0.4) is 0 Å². The molecule has 0 spiro atoms. The van der Waals surface area contributed by atoms with Gasteiger partial charge in [-0.2, -0.15) is 0 Å². The number of aryl methyl sites for hydroxylation is 2. The maximum atomic E-state index is 4.53. The van der Waals surface area contributed by atoms with Gasteiger partial charge in [0.2, 0.25) is 0 Å². The van der Waals surface area contributed by atoms with Crippen molar-refractivity contribution in [3.63, 3.8) is 0 Å². The topological polar surface area (TPSA) is 61.6 Å². The second-order valence-corrected chi connectivity index (χ2v) is 7.42. The van der Waals surface area contributed by atoms with E-state index in [9.17, 15) is 0 Å².